The van der Waals surface area contributed by atoms with Gasteiger partial charge in [0.2, 0.25) is 11.8 Å². The molecule has 224 valence electrons. The summed E-state index contributed by atoms with van der Waals surface area (Å²) in [5, 5.41) is 5.61. The molecule has 3 aromatic rings. The molecule has 2 atom stereocenters. The van der Waals surface area contributed by atoms with Gasteiger partial charge in [0.1, 0.15) is 30.3 Å². The van der Waals surface area contributed by atoms with Gasteiger partial charge in [-0.15, -0.1) is 0 Å². The molecule has 13 heteroatoms. The van der Waals surface area contributed by atoms with Gasteiger partial charge >= 0.3 is 6.09 Å². The van der Waals surface area contributed by atoms with Crippen LogP contribution in [0.3, 0.4) is 0 Å². The van der Waals surface area contributed by atoms with Gasteiger partial charge in [0.25, 0.3) is 0 Å². The summed E-state index contributed by atoms with van der Waals surface area (Å²) >= 11 is 5.81. The van der Waals surface area contributed by atoms with Crippen molar-refractivity contribution in [3.8, 4) is 5.75 Å². The average Bonchev–Trinajstić information content (AvgIpc) is 3.72. The molecule has 0 aliphatic carbocycles. The van der Waals surface area contributed by atoms with E-state index in [2.05, 4.69) is 15.6 Å². The van der Waals surface area contributed by atoms with Crippen LogP contribution in [0.5, 0.6) is 5.75 Å². The Balaban J connectivity index is 1.31. The van der Waals surface area contributed by atoms with Gasteiger partial charge in [-0.05, 0) is 25.1 Å². The van der Waals surface area contributed by atoms with Gasteiger partial charge in [-0.3, -0.25) is 19.4 Å². The van der Waals surface area contributed by atoms with Crippen molar-refractivity contribution in [2.24, 2.45) is 4.99 Å². The van der Waals surface area contributed by atoms with E-state index < -0.39 is 35.9 Å². The van der Waals surface area contributed by atoms with Crippen molar-refractivity contribution in [2.75, 3.05) is 13.1 Å². The normalized spacial score (nSPS) is 17.7. The van der Waals surface area contributed by atoms with Gasteiger partial charge in [-0.25, -0.2) is 13.6 Å². The van der Waals surface area contributed by atoms with E-state index >= 15 is 0 Å². The number of fused-ring (bicyclic) bond motifs is 1. The Morgan fingerprint density at radius 3 is 2.70 bits per heavy atom. The molecular formula is C30H28ClF2N5O5. The Bertz CT molecular complexity index is 1670. The van der Waals surface area contributed by atoms with Crippen LogP contribution in [0.25, 0.3) is 10.9 Å². The number of benzene rings is 2. The molecule has 2 aromatic carbocycles. The largest absolute Gasteiger partial charge is 0.412 e. The topological polar surface area (TPSA) is 122 Å². The van der Waals surface area contributed by atoms with E-state index in [1.165, 1.54) is 42.0 Å². The number of hydrogen-bond acceptors (Lipinski definition) is 6. The molecular weight excluding hydrogens is 584 g/mol. The summed E-state index contributed by atoms with van der Waals surface area (Å²) in [4.78, 5) is 56.3. The van der Waals surface area contributed by atoms with Gasteiger partial charge in [0, 0.05) is 54.4 Å². The number of ketones is 1. The highest BCUT2D eigenvalue weighted by Crippen LogP contribution is 2.28. The lowest BCUT2D eigenvalue weighted by Crippen LogP contribution is -2.46. The lowest BCUT2D eigenvalue weighted by Gasteiger charge is -2.24. The van der Waals surface area contributed by atoms with Gasteiger partial charge in [-0.1, -0.05) is 29.8 Å². The molecule has 1 saturated heterocycles. The number of carbonyl (C=O) groups excluding carboxylic acids is 4. The van der Waals surface area contributed by atoms with Crippen LogP contribution >= 0.6 is 11.6 Å². The first-order chi connectivity index (χ1) is 20.6. The second-order valence-corrected chi connectivity index (χ2v) is 10.6. The minimum absolute atomic E-state index is 0.0947. The van der Waals surface area contributed by atoms with Gasteiger partial charge in [0.05, 0.1) is 29.3 Å². The first-order valence-electron chi connectivity index (χ1n) is 13.6. The molecule has 2 aliphatic heterocycles. The van der Waals surface area contributed by atoms with E-state index in [1.54, 1.807) is 18.3 Å². The number of likely N-dealkylation sites (tertiary alicyclic amines) is 1. The smallest absolute Gasteiger partial charge is 0.410 e. The minimum atomic E-state index is -1.43. The molecule has 3 amide bonds. The Morgan fingerprint density at radius 1 is 1.14 bits per heavy atom. The maximum Gasteiger partial charge on any atom is 0.412 e. The summed E-state index contributed by atoms with van der Waals surface area (Å²) in [6, 6.07) is 7.93. The number of amides is 3. The highest BCUT2D eigenvalue weighted by atomic mass is 35.5. The van der Waals surface area contributed by atoms with Crippen LogP contribution in [-0.2, 0) is 22.7 Å². The molecule has 2 N–H and O–H groups in total. The Labute approximate surface area is 250 Å². The van der Waals surface area contributed by atoms with Crippen LogP contribution in [0.1, 0.15) is 35.7 Å². The van der Waals surface area contributed by atoms with Gasteiger partial charge < -0.3 is 24.8 Å². The second kappa shape index (κ2) is 12.7. The van der Waals surface area contributed by atoms with E-state index in [4.69, 9.17) is 16.3 Å². The van der Waals surface area contributed by atoms with Crippen molar-refractivity contribution in [3.05, 3.63) is 76.3 Å². The minimum Gasteiger partial charge on any atom is -0.410 e. The number of allylic oxidation sites excluding steroid dienone is 1. The highest BCUT2D eigenvalue weighted by Gasteiger charge is 2.39. The number of aliphatic imine (C=N–C) groups is 1. The third-order valence-corrected chi connectivity index (χ3v) is 7.53. The summed E-state index contributed by atoms with van der Waals surface area (Å²) in [6.07, 6.45) is 3.45. The SMILES string of the molecule is CC(=O)c1cn(CC(=O)N2C[C@H](F)C[C@H]2C(=O)NCc2cccc(Cl)c2F)c2cc(OC(=O)NCC3=CCC=N3)ccc12. The number of alkyl halides is 1. The molecule has 0 saturated carbocycles. The van der Waals surface area contributed by atoms with Gasteiger partial charge in [0.15, 0.2) is 5.78 Å². The number of Topliss-reactive ketones (excluding diaryl/α,β-unsaturated/α-hetero) is 1. The lowest BCUT2D eigenvalue weighted by atomic mass is 10.1. The number of nitrogens with one attached hydrogen (secondary N) is 2. The van der Waals surface area contributed by atoms with Crippen LogP contribution in [0.2, 0.25) is 5.02 Å². The summed E-state index contributed by atoms with van der Waals surface area (Å²) in [7, 11) is 0. The summed E-state index contributed by atoms with van der Waals surface area (Å²) in [5.41, 5.74) is 1.64. The first kappa shape index (κ1) is 29.9. The quantitative estimate of drug-likeness (QED) is 0.349. The molecule has 0 unspecified atom stereocenters. The molecule has 2 aliphatic rings. The van der Waals surface area contributed by atoms with Crippen LogP contribution in [0, 0.1) is 5.82 Å². The third kappa shape index (κ3) is 6.75. The summed E-state index contributed by atoms with van der Waals surface area (Å²) in [6.45, 7) is 0.786. The van der Waals surface area contributed by atoms with Crippen LogP contribution in [0.4, 0.5) is 13.6 Å². The van der Waals surface area contributed by atoms with E-state index in [1.807, 2.05) is 6.08 Å². The van der Waals surface area contributed by atoms with E-state index in [0.717, 1.165) is 4.90 Å². The van der Waals surface area contributed by atoms with Crippen LogP contribution in [0.15, 0.2) is 59.4 Å². The van der Waals surface area contributed by atoms with Gasteiger partial charge in [-0.2, -0.15) is 0 Å². The monoisotopic (exact) mass is 611 g/mol. The van der Waals surface area contributed by atoms with Crippen molar-refractivity contribution in [1.29, 1.82) is 0 Å². The van der Waals surface area contributed by atoms with E-state index in [0.29, 0.717) is 28.6 Å². The standard InChI is InChI=1S/C30H28ClF2N5O5/c1-17(39)23-15-37(25-11-21(7-8-22(23)25)43-30(42)36-13-20-5-3-9-34-20)16-27(40)38-14-19(32)10-26(38)29(41)35-12-18-4-2-6-24(31)28(18)33/h2,4-9,11,15,19,26H,3,10,12-14,16H2,1H3,(H,35,41)(H,36,42)/t19-,26+/m1/s1. The fraction of sp³-hybridized carbons (Fsp3) is 0.300. The number of hydrogen-bond donors (Lipinski definition) is 2. The number of halogens is 3. The molecule has 1 aromatic heterocycles. The van der Waals surface area contributed by atoms with E-state index in [9.17, 15) is 28.0 Å². The van der Waals surface area contributed by atoms with Crippen LogP contribution in [-0.4, -0.2) is 64.7 Å². The highest BCUT2D eigenvalue weighted by molar-refractivity contribution is 6.30. The maximum absolute atomic E-state index is 14.5. The third-order valence-electron chi connectivity index (χ3n) is 7.24. The predicted molar refractivity (Wildman–Crippen MR) is 155 cm³/mol. The molecule has 43 heavy (non-hydrogen) atoms. The van der Waals surface area contributed by atoms with E-state index in [-0.39, 0.29) is 54.7 Å². The number of ether oxygens (including phenoxy) is 1. The maximum atomic E-state index is 14.5. The fourth-order valence-corrected chi connectivity index (χ4v) is 5.31. The van der Waals surface area contributed by atoms with Crippen molar-refractivity contribution in [3.63, 3.8) is 0 Å². The zero-order chi connectivity index (χ0) is 30.7. The predicted octanol–water partition coefficient (Wildman–Crippen LogP) is 4.34. The molecule has 0 bridgehead atoms. The summed E-state index contributed by atoms with van der Waals surface area (Å²) < 4.78 is 35.6. The van der Waals surface area contributed by atoms with Crippen molar-refractivity contribution < 1.29 is 32.7 Å². The molecule has 5 rings (SSSR count). The number of rotatable bonds is 9. The fourth-order valence-electron chi connectivity index (χ4n) is 5.11. The average molecular weight is 612 g/mol. The van der Waals surface area contributed by atoms with Crippen LogP contribution < -0.4 is 15.4 Å². The molecule has 10 nitrogen and oxygen atoms in total. The zero-order valence-corrected chi connectivity index (χ0v) is 23.9. The Kier molecular flexibility index (Phi) is 8.86. The summed E-state index contributed by atoms with van der Waals surface area (Å²) in [5.74, 6) is -1.94. The first-order valence-corrected chi connectivity index (χ1v) is 13.9. The second-order valence-electron chi connectivity index (χ2n) is 10.2. The van der Waals surface area contributed by atoms with Crippen molar-refractivity contribution in [2.45, 2.75) is 45.1 Å². The Morgan fingerprint density at radius 2 is 1.95 bits per heavy atom. The Hall–Kier alpha value is -4.58. The van der Waals surface area contributed by atoms with Crippen molar-refractivity contribution >= 4 is 52.4 Å². The number of aromatic nitrogens is 1. The van der Waals surface area contributed by atoms with Crippen molar-refractivity contribution in [1.82, 2.24) is 20.1 Å². The number of carbonyl (C=O) groups is 4. The lowest BCUT2D eigenvalue weighted by molar-refractivity contribution is -0.139. The molecule has 0 spiro atoms. The number of nitrogens with zero attached hydrogens (tertiary/aromatic N) is 3. The molecule has 1 fully saturated rings. The molecule has 3 heterocycles. The zero-order valence-electron chi connectivity index (χ0n) is 23.1. The molecule has 0 radical (unpaired) electrons.